The highest BCUT2D eigenvalue weighted by Crippen LogP contribution is 2.32. The van der Waals surface area contributed by atoms with E-state index in [0.717, 1.165) is 0 Å². The van der Waals surface area contributed by atoms with E-state index in [2.05, 4.69) is 0 Å². The van der Waals surface area contributed by atoms with Crippen LogP contribution >= 0.6 is 0 Å². The predicted molar refractivity (Wildman–Crippen MR) is 198 cm³/mol. The van der Waals surface area contributed by atoms with Crippen molar-refractivity contribution in [2.24, 2.45) is 0 Å². The van der Waals surface area contributed by atoms with Crippen LogP contribution in [-0.2, 0) is 42.6 Å². The normalized spacial score (nSPS) is 19.1. The summed E-state index contributed by atoms with van der Waals surface area (Å²) in [5, 5.41) is 8.80. The Morgan fingerprint density at radius 3 is 1.29 bits per heavy atom. The smallest absolute Gasteiger partial charge is 0.338 e. The largest absolute Gasteiger partial charge is 0.459 e. The molecule has 0 aromatic heterocycles. The molecule has 5 rings (SSSR count). The number of aliphatic hydroxyl groups excluding tert-OH is 1. The van der Waals surface area contributed by atoms with E-state index in [1.807, 2.05) is 0 Å². The molecule has 14 heteroatoms. The fourth-order valence-corrected chi connectivity index (χ4v) is 5.49. The second-order valence-electron chi connectivity index (χ2n) is 12.1. The minimum Gasteiger partial charge on any atom is -0.459 e. The second kappa shape index (κ2) is 22.8. The predicted octanol–water partition coefficient (Wildman–Crippen LogP) is 4.30. The van der Waals surface area contributed by atoms with Gasteiger partial charge in [0.15, 0.2) is 24.6 Å². The molecule has 0 unspecified atom stereocenters. The zero-order valence-electron chi connectivity index (χ0n) is 30.6. The van der Waals surface area contributed by atoms with E-state index in [1.165, 1.54) is 24.3 Å². The molecule has 0 bridgehead atoms. The van der Waals surface area contributed by atoms with Crippen LogP contribution in [-0.4, -0.2) is 119 Å². The van der Waals surface area contributed by atoms with Gasteiger partial charge in [0.2, 0.25) is 0 Å². The first kappa shape index (κ1) is 41.7. The quantitative estimate of drug-likeness (QED) is 0.0722. The second-order valence-corrected chi connectivity index (χ2v) is 12.1. The van der Waals surface area contributed by atoms with Crippen LogP contribution in [0.4, 0.5) is 0 Å². The lowest BCUT2D eigenvalue weighted by molar-refractivity contribution is -0.300. The maximum atomic E-state index is 13.7. The van der Waals surface area contributed by atoms with Crippen LogP contribution in [0.25, 0.3) is 0 Å². The summed E-state index contributed by atoms with van der Waals surface area (Å²) in [6.45, 7) is 0.761. The summed E-state index contributed by atoms with van der Waals surface area (Å²) < 4.78 is 52.4. The molecule has 0 amide bonds. The summed E-state index contributed by atoms with van der Waals surface area (Å²) in [6, 6.07) is 32.6. The van der Waals surface area contributed by atoms with Crippen LogP contribution in [0.15, 0.2) is 121 Å². The van der Waals surface area contributed by atoms with Crippen molar-refractivity contribution in [1.29, 1.82) is 0 Å². The van der Waals surface area contributed by atoms with E-state index in [0.29, 0.717) is 13.2 Å². The van der Waals surface area contributed by atoms with Crippen molar-refractivity contribution >= 4 is 23.9 Å². The van der Waals surface area contributed by atoms with Crippen molar-refractivity contribution in [3.63, 3.8) is 0 Å². The molecule has 56 heavy (non-hydrogen) atoms. The average Bonchev–Trinajstić information content (AvgIpc) is 3.24. The highest BCUT2D eigenvalue weighted by atomic mass is 16.7. The third kappa shape index (κ3) is 12.8. The van der Waals surface area contributed by atoms with Gasteiger partial charge in [-0.3, -0.25) is 0 Å². The molecular formula is C42H44O14. The van der Waals surface area contributed by atoms with Gasteiger partial charge in [0.1, 0.15) is 12.7 Å². The molecule has 1 aliphatic rings. The number of carbonyl (C=O) groups excluding carboxylic acids is 4. The maximum Gasteiger partial charge on any atom is 0.338 e. The van der Waals surface area contributed by atoms with E-state index < -0.39 is 61.2 Å². The summed E-state index contributed by atoms with van der Waals surface area (Å²) in [4.78, 5) is 54.1. The van der Waals surface area contributed by atoms with E-state index in [1.54, 1.807) is 97.1 Å². The standard InChI is InChI=1S/C42H44O14/c43-21-22-48-23-24-49-25-26-50-27-28-51-42-37(56-41(47)33-19-11-4-12-20-33)36(55-40(46)32-17-9-3-10-18-32)35(54-39(45)31-15-7-2-8-16-31)34(53-42)29-52-38(44)30-13-5-1-6-14-30/h1-20,34-37,42-43H,21-29H2/t34-,35+,36+,37-,42-/m1/s1. The number of esters is 4. The fraction of sp³-hybridized carbons (Fsp3) is 0.333. The Morgan fingerprint density at radius 2 is 0.839 bits per heavy atom. The Morgan fingerprint density at radius 1 is 0.464 bits per heavy atom. The van der Waals surface area contributed by atoms with Crippen molar-refractivity contribution < 1.29 is 66.9 Å². The van der Waals surface area contributed by atoms with Crippen LogP contribution in [0.5, 0.6) is 0 Å². The lowest BCUT2D eigenvalue weighted by Crippen LogP contribution is -2.63. The van der Waals surface area contributed by atoms with Crippen molar-refractivity contribution in [2.45, 2.75) is 30.7 Å². The van der Waals surface area contributed by atoms with Gasteiger partial charge in [0.05, 0.1) is 75.1 Å². The van der Waals surface area contributed by atoms with Crippen LogP contribution in [0.3, 0.4) is 0 Å². The number of rotatable bonds is 21. The molecule has 1 saturated heterocycles. The summed E-state index contributed by atoms with van der Waals surface area (Å²) in [6.07, 6.45) is -7.26. The zero-order valence-corrected chi connectivity index (χ0v) is 30.6. The molecule has 4 aromatic rings. The van der Waals surface area contributed by atoms with Gasteiger partial charge in [0.25, 0.3) is 0 Å². The lowest BCUT2D eigenvalue weighted by Gasteiger charge is -2.44. The summed E-state index contributed by atoms with van der Waals surface area (Å²) >= 11 is 0. The van der Waals surface area contributed by atoms with Gasteiger partial charge in [0, 0.05) is 0 Å². The van der Waals surface area contributed by atoms with E-state index in [4.69, 9.17) is 47.7 Å². The third-order valence-corrected chi connectivity index (χ3v) is 8.23. The molecular weight excluding hydrogens is 728 g/mol. The van der Waals surface area contributed by atoms with Crippen LogP contribution in [0.2, 0.25) is 0 Å². The Kier molecular flexibility index (Phi) is 17.0. The minimum atomic E-state index is -1.54. The zero-order chi connectivity index (χ0) is 39.4. The van der Waals surface area contributed by atoms with Crippen LogP contribution < -0.4 is 0 Å². The molecule has 1 heterocycles. The lowest BCUT2D eigenvalue weighted by atomic mass is 9.97. The Hall–Kier alpha value is -5.48. The van der Waals surface area contributed by atoms with Crippen molar-refractivity contribution in [3.05, 3.63) is 144 Å². The summed E-state index contributed by atoms with van der Waals surface area (Å²) in [7, 11) is 0. The summed E-state index contributed by atoms with van der Waals surface area (Å²) in [5.41, 5.74) is 0.784. The van der Waals surface area contributed by atoms with Crippen molar-refractivity contribution in [2.75, 3.05) is 59.5 Å². The Bertz CT molecular complexity index is 1770. The van der Waals surface area contributed by atoms with Gasteiger partial charge in [-0.05, 0) is 48.5 Å². The minimum absolute atomic E-state index is 0.0537. The molecule has 1 fully saturated rings. The molecule has 0 radical (unpaired) electrons. The number of aliphatic hydroxyl groups is 1. The highest BCUT2D eigenvalue weighted by molar-refractivity contribution is 5.91. The number of benzene rings is 4. The van der Waals surface area contributed by atoms with E-state index in [9.17, 15) is 19.2 Å². The number of hydrogen-bond donors (Lipinski definition) is 1. The molecule has 296 valence electrons. The monoisotopic (exact) mass is 772 g/mol. The van der Waals surface area contributed by atoms with Gasteiger partial charge in [-0.15, -0.1) is 0 Å². The first-order valence-corrected chi connectivity index (χ1v) is 18.1. The first-order valence-electron chi connectivity index (χ1n) is 18.1. The van der Waals surface area contributed by atoms with E-state index in [-0.39, 0.29) is 61.9 Å². The van der Waals surface area contributed by atoms with E-state index >= 15 is 0 Å². The van der Waals surface area contributed by atoms with Gasteiger partial charge in [-0.1, -0.05) is 72.8 Å². The number of ether oxygens (including phenoxy) is 9. The van der Waals surface area contributed by atoms with Gasteiger partial charge < -0.3 is 47.7 Å². The fourth-order valence-electron chi connectivity index (χ4n) is 5.49. The third-order valence-electron chi connectivity index (χ3n) is 8.23. The average molecular weight is 773 g/mol. The van der Waals surface area contributed by atoms with Gasteiger partial charge in [-0.2, -0.15) is 0 Å². The van der Waals surface area contributed by atoms with Crippen LogP contribution in [0.1, 0.15) is 41.4 Å². The molecule has 4 aromatic carbocycles. The maximum absolute atomic E-state index is 13.7. The molecule has 5 atom stereocenters. The number of hydrogen-bond acceptors (Lipinski definition) is 14. The SMILES string of the molecule is O=C(OC[C@H]1O[C@@H](OCCOCCOCCOCCO)[C@H](OC(=O)c2ccccc2)[C@@H](OC(=O)c2ccccc2)[C@H]1OC(=O)c1ccccc1)c1ccccc1. The van der Waals surface area contributed by atoms with Crippen LogP contribution in [0, 0.1) is 0 Å². The topological polar surface area (TPSA) is 172 Å². The summed E-state index contributed by atoms with van der Waals surface area (Å²) in [5.74, 6) is -3.11. The number of carbonyl (C=O) groups is 4. The first-order chi connectivity index (χ1) is 27.4. The highest BCUT2D eigenvalue weighted by Gasteiger charge is 2.53. The molecule has 0 spiro atoms. The molecule has 14 nitrogen and oxygen atoms in total. The van der Waals surface area contributed by atoms with Gasteiger partial charge in [-0.25, -0.2) is 19.2 Å². The Labute approximate surface area is 324 Å². The molecule has 0 saturated carbocycles. The molecule has 1 aliphatic heterocycles. The van der Waals surface area contributed by atoms with Crippen molar-refractivity contribution in [1.82, 2.24) is 0 Å². The molecule has 1 N–H and O–H groups in total. The van der Waals surface area contributed by atoms with Crippen molar-refractivity contribution in [3.8, 4) is 0 Å². The Balaban J connectivity index is 1.42. The van der Waals surface area contributed by atoms with Gasteiger partial charge >= 0.3 is 23.9 Å². The molecule has 0 aliphatic carbocycles.